The van der Waals surface area contributed by atoms with Crippen LogP contribution >= 0.6 is 0 Å². The van der Waals surface area contributed by atoms with Gasteiger partial charge in [0, 0.05) is 29.1 Å². The second-order valence-corrected chi connectivity index (χ2v) is 7.75. The van der Waals surface area contributed by atoms with Gasteiger partial charge >= 0.3 is 0 Å². The van der Waals surface area contributed by atoms with Crippen LogP contribution in [0.3, 0.4) is 0 Å². The molecule has 7 nitrogen and oxygen atoms in total. The topological polar surface area (TPSA) is 88.7 Å². The largest absolute Gasteiger partial charge is 0.491 e. The molecule has 0 saturated heterocycles. The molecule has 2 rings (SSSR count). The third-order valence-electron chi connectivity index (χ3n) is 3.93. The summed E-state index contributed by atoms with van der Waals surface area (Å²) in [5.41, 5.74) is 1.69. The predicted octanol–water partition coefficient (Wildman–Crippen LogP) is 3.68. The van der Waals surface area contributed by atoms with Crippen LogP contribution in [0.25, 0.3) is 0 Å². The summed E-state index contributed by atoms with van der Waals surface area (Å²) >= 11 is 0. The average molecular weight is 414 g/mol. The van der Waals surface area contributed by atoms with Crippen LogP contribution < -0.4 is 20.7 Å². The zero-order chi connectivity index (χ0) is 22.0. The van der Waals surface area contributed by atoms with Crippen molar-refractivity contribution in [3.05, 3.63) is 54.1 Å². The molecule has 0 bridgehead atoms. The van der Waals surface area contributed by atoms with Crippen LogP contribution in [0.4, 0.5) is 11.4 Å². The summed E-state index contributed by atoms with van der Waals surface area (Å²) in [6.07, 6.45) is 0. The lowest BCUT2D eigenvalue weighted by molar-refractivity contribution is -0.114. The Morgan fingerprint density at radius 2 is 1.53 bits per heavy atom. The Bertz CT molecular complexity index is 812. The summed E-state index contributed by atoms with van der Waals surface area (Å²) in [6.45, 7) is 9.57. The van der Waals surface area contributed by atoms with Crippen molar-refractivity contribution in [3.8, 4) is 5.75 Å². The van der Waals surface area contributed by atoms with E-state index in [1.807, 2.05) is 52.0 Å². The van der Waals surface area contributed by atoms with E-state index in [0.717, 1.165) is 11.4 Å². The fraction of sp³-hybridized carbons (Fsp3) is 0.391. The van der Waals surface area contributed by atoms with Crippen molar-refractivity contribution in [2.45, 2.75) is 33.2 Å². The minimum absolute atomic E-state index is 0.122. The number of nitrogens with one attached hydrogen (secondary N) is 3. The lowest BCUT2D eigenvalue weighted by Gasteiger charge is -2.20. The molecule has 0 spiro atoms. The van der Waals surface area contributed by atoms with Gasteiger partial charge in [-0.3, -0.25) is 9.59 Å². The first-order chi connectivity index (χ1) is 14.3. The highest BCUT2D eigenvalue weighted by Gasteiger charge is 2.15. The summed E-state index contributed by atoms with van der Waals surface area (Å²) in [7, 11) is 0. The van der Waals surface area contributed by atoms with Crippen LogP contribution in [0.2, 0.25) is 0 Å². The van der Waals surface area contributed by atoms with E-state index in [0.29, 0.717) is 31.1 Å². The minimum atomic E-state index is -0.302. The lowest BCUT2D eigenvalue weighted by atomic mass is 10.1. The van der Waals surface area contributed by atoms with E-state index in [9.17, 15) is 9.59 Å². The lowest BCUT2D eigenvalue weighted by Crippen LogP contribution is -2.40. The summed E-state index contributed by atoms with van der Waals surface area (Å²) in [5, 5.41) is 8.78. The van der Waals surface area contributed by atoms with Crippen molar-refractivity contribution in [2.24, 2.45) is 0 Å². The predicted molar refractivity (Wildman–Crippen MR) is 119 cm³/mol. The molecule has 2 aromatic rings. The third-order valence-corrected chi connectivity index (χ3v) is 3.93. The van der Waals surface area contributed by atoms with Gasteiger partial charge in [-0.2, -0.15) is 0 Å². The second-order valence-electron chi connectivity index (χ2n) is 7.75. The molecule has 2 aromatic carbocycles. The number of amides is 2. The van der Waals surface area contributed by atoms with E-state index in [4.69, 9.17) is 9.47 Å². The molecule has 0 heterocycles. The molecular formula is C23H31N3O4. The fourth-order valence-electron chi connectivity index (χ4n) is 2.54. The molecule has 0 radical (unpaired) electrons. The molecule has 0 aromatic heterocycles. The van der Waals surface area contributed by atoms with Crippen molar-refractivity contribution >= 4 is 23.2 Å². The van der Waals surface area contributed by atoms with Crippen molar-refractivity contribution in [3.63, 3.8) is 0 Å². The SMILES string of the molecule is CCOCCOc1ccc(NCC(=O)Nc2ccc(C(=O)NC(C)(C)C)cc2)cc1. The summed E-state index contributed by atoms with van der Waals surface area (Å²) < 4.78 is 10.8. The molecule has 0 aliphatic heterocycles. The molecule has 0 aliphatic rings. The molecule has 162 valence electrons. The number of benzene rings is 2. The Morgan fingerprint density at radius 1 is 0.900 bits per heavy atom. The molecule has 3 N–H and O–H groups in total. The van der Waals surface area contributed by atoms with Gasteiger partial charge in [0.05, 0.1) is 13.2 Å². The van der Waals surface area contributed by atoms with Crippen LogP contribution in [-0.2, 0) is 9.53 Å². The maximum atomic E-state index is 12.2. The van der Waals surface area contributed by atoms with Gasteiger partial charge in [-0.25, -0.2) is 0 Å². The summed E-state index contributed by atoms with van der Waals surface area (Å²) in [6, 6.07) is 14.2. The average Bonchev–Trinajstić information content (AvgIpc) is 2.70. The second kappa shape index (κ2) is 11.2. The first kappa shape index (κ1) is 23.2. The van der Waals surface area contributed by atoms with Crippen LogP contribution in [0.15, 0.2) is 48.5 Å². The number of anilines is 2. The van der Waals surface area contributed by atoms with Crippen LogP contribution in [0, 0.1) is 0 Å². The molecule has 0 unspecified atom stereocenters. The zero-order valence-electron chi connectivity index (χ0n) is 18.1. The van der Waals surface area contributed by atoms with Gasteiger partial charge in [-0.1, -0.05) is 0 Å². The zero-order valence-corrected chi connectivity index (χ0v) is 18.1. The first-order valence-corrected chi connectivity index (χ1v) is 10.0. The Hall–Kier alpha value is -3.06. The van der Waals surface area contributed by atoms with Crippen LogP contribution in [0.1, 0.15) is 38.1 Å². The first-order valence-electron chi connectivity index (χ1n) is 10.0. The van der Waals surface area contributed by atoms with Gasteiger partial charge in [0.25, 0.3) is 5.91 Å². The fourth-order valence-corrected chi connectivity index (χ4v) is 2.54. The van der Waals surface area contributed by atoms with E-state index in [1.165, 1.54) is 0 Å². The maximum Gasteiger partial charge on any atom is 0.251 e. The van der Waals surface area contributed by atoms with Crippen molar-refractivity contribution in [2.75, 3.05) is 37.0 Å². The minimum Gasteiger partial charge on any atom is -0.491 e. The Morgan fingerprint density at radius 3 is 2.13 bits per heavy atom. The molecule has 7 heteroatoms. The van der Waals surface area contributed by atoms with Crippen molar-refractivity contribution in [1.29, 1.82) is 0 Å². The Labute approximate surface area is 178 Å². The van der Waals surface area contributed by atoms with Gasteiger partial charge in [-0.15, -0.1) is 0 Å². The van der Waals surface area contributed by atoms with Crippen LogP contribution in [-0.4, -0.2) is 43.7 Å². The highest BCUT2D eigenvalue weighted by molar-refractivity contribution is 5.96. The standard InChI is InChI=1S/C23H31N3O4/c1-5-29-14-15-30-20-12-10-18(11-13-20)24-16-21(27)25-19-8-6-17(7-9-19)22(28)26-23(2,3)4/h6-13,24H,5,14-16H2,1-4H3,(H,25,27)(H,26,28). The molecule has 0 aliphatic carbocycles. The van der Waals surface area contributed by atoms with E-state index in [-0.39, 0.29) is 23.9 Å². The van der Waals surface area contributed by atoms with E-state index >= 15 is 0 Å². The molecule has 0 saturated carbocycles. The van der Waals surface area contributed by atoms with E-state index in [2.05, 4.69) is 16.0 Å². The van der Waals surface area contributed by atoms with E-state index in [1.54, 1.807) is 24.3 Å². The third kappa shape index (κ3) is 8.53. The Balaban J connectivity index is 1.77. The molecule has 0 atom stereocenters. The highest BCUT2D eigenvalue weighted by atomic mass is 16.5. The molecule has 30 heavy (non-hydrogen) atoms. The van der Waals surface area contributed by atoms with Gasteiger partial charge < -0.3 is 25.4 Å². The Kier molecular flexibility index (Phi) is 8.68. The van der Waals surface area contributed by atoms with E-state index < -0.39 is 0 Å². The van der Waals surface area contributed by atoms with Crippen molar-refractivity contribution < 1.29 is 19.1 Å². The van der Waals surface area contributed by atoms with Gasteiger partial charge in [0.1, 0.15) is 12.4 Å². The quantitative estimate of drug-likeness (QED) is 0.517. The normalized spacial score (nSPS) is 10.9. The summed E-state index contributed by atoms with van der Waals surface area (Å²) in [4.78, 5) is 24.3. The van der Waals surface area contributed by atoms with Gasteiger partial charge in [-0.05, 0) is 76.2 Å². The number of hydrogen-bond donors (Lipinski definition) is 3. The maximum absolute atomic E-state index is 12.2. The van der Waals surface area contributed by atoms with Gasteiger partial charge in [0.2, 0.25) is 5.91 Å². The van der Waals surface area contributed by atoms with Gasteiger partial charge in [0.15, 0.2) is 0 Å². The smallest absolute Gasteiger partial charge is 0.251 e. The number of rotatable bonds is 10. The number of carbonyl (C=O) groups is 2. The highest BCUT2D eigenvalue weighted by Crippen LogP contribution is 2.16. The molecule has 2 amide bonds. The number of ether oxygens (including phenoxy) is 2. The molecular weight excluding hydrogens is 382 g/mol. The number of carbonyl (C=O) groups excluding carboxylic acids is 2. The van der Waals surface area contributed by atoms with Crippen LogP contribution in [0.5, 0.6) is 5.75 Å². The van der Waals surface area contributed by atoms with Crippen molar-refractivity contribution in [1.82, 2.24) is 5.32 Å². The molecule has 0 fully saturated rings. The monoisotopic (exact) mass is 413 g/mol. The summed E-state index contributed by atoms with van der Waals surface area (Å²) in [5.74, 6) is 0.423. The number of hydrogen-bond acceptors (Lipinski definition) is 5.